The highest BCUT2D eigenvalue weighted by atomic mass is 16.6. The first-order valence-corrected chi connectivity index (χ1v) is 24.1. The molecule has 0 aromatic carbocycles. The van der Waals surface area contributed by atoms with Crippen LogP contribution in [0, 0.1) is 35.5 Å². The standard InChI is InChI=1S/C51H81NO13/c1-30-16-12-11-13-17-31(2)42(61-8)28-38-21-19-36(7)51(60,65-38)48(57)49(58)52-23-15-14-18-39(52)50(59)64-43(29-41(54)32(3)26-37-20-22-40(53)44(27-37)62-9)33(4)25-35(6)46(56)47(63-10)45(55)34(5)24-30/h11-13,16-17,25,30,32-34,36-44,46-47,53-54,56,60H,14-15,18-24,26-29H2,1-10H3/b13-11-,16-12-,31-17-,35-25-/t30-,32-,33-,34-,36-,37+,38+,39+,40-,41+,42+,43-,44-,46-,47+,51-/m1/s1. The molecule has 0 aromatic rings. The third kappa shape index (κ3) is 14.5. The number of amides is 1. The smallest absolute Gasteiger partial charge is 0.329 e. The van der Waals surface area contributed by atoms with Crippen molar-refractivity contribution in [3.8, 4) is 0 Å². The topological polar surface area (TPSA) is 199 Å². The fraction of sp³-hybridized carbons (Fsp3) is 0.765. The fourth-order valence-corrected chi connectivity index (χ4v) is 10.3. The van der Waals surface area contributed by atoms with E-state index in [-0.39, 0.29) is 49.0 Å². The molecule has 2 bridgehead atoms. The molecule has 4 N–H and O–H groups in total. The Morgan fingerprint density at radius 3 is 2.25 bits per heavy atom. The summed E-state index contributed by atoms with van der Waals surface area (Å²) in [6, 6.07) is -1.15. The quantitative estimate of drug-likeness (QED) is 0.126. The van der Waals surface area contributed by atoms with Gasteiger partial charge in [0.15, 0.2) is 5.78 Å². The van der Waals surface area contributed by atoms with E-state index in [0.29, 0.717) is 63.4 Å². The van der Waals surface area contributed by atoms with Crippen LogP contribution >= 0.6 is 0 Å². The first-order chi connectivity index (χ1) is 30.7. The van der Waals surface area contributed by atoms with E-state index in [9.17, 15) is 39.6 Å². The van der Waals surface area contributed by atoms with E-state index in [4.69, 9.17) is 23.7 Å². The van der Waals surface area contributed by atoms with E-state index in [1.165, 1.54) is 12.0 Å². The van der Waals surface area contributed by atoms with Crippen molar-refractivity contribution >= 4 is 23.4 Å². The maximum absolute atomic E-state index is 14.4. The maximum atomic E-state index is 14.4. The lowest BCUT2D eigenvalue weighted by Gasteiger charge is -2.42. The van der Waals surface area contributed by atoms with E-state index in [0.717, 1.165) is 12.0 Å². The van der Waals surface area contributed by atoms with Crippen LogP contribution in [0.1, 0.15) is 126 Å². The lowest BCUT2D eigenvalue weighted by atomic mass is 9.78. The Bertz CT molecular complexity index is 1710. The van der Waals surface area contributed by atoms with Crippen LogP contribution in [-0.2, 0) is 42.9 Å². The summed E-state index contributed by atoms with van der Waals surface area (Å²) in [5.74, 6) is -7.33. The number of methoxy groups -OCH3 is 3. The largest absolute Gasteiger partial charge is 0.460 e. The summed E-state index contributed by atoms with van der Waals surface area (Å²) in [7, 11) is 4.55. The Kier molecular flexibility index (Phi) is 21.3. The number of hydrogen-bond donors (Lipinski definition) is 4. The van der Waals surface area contributed by atoms with Gasteiger partial charge in [-0.3, -0.25) is 14.4 Å². The van der Waals surface area contributed by atoms with Gasteiger partial charge in [0.25, 0.3) is 11.7 Å². The van der Waals surface area contributed by atoms with Gasteiger partial charge in [0.2, 0.25) is 5.79 Å². The molecule has 3 heterocycles. The number of carbonyl (C=O) groups is 4. The second-order valence-electron chi connectivity index (χ2n) is 19.8. The number of rotatable bonds is 8. The molecule has 4 rings (SSSR count). The number of ether oxygens (including phenoxy) is 5. The van der Waals surface area contributed by atoms with Crippen molar-refractivity contribution in [2.45, 2.75) is 186 Å². The van der Waals surface area contributed by atoms with Gasteiger partial charge in [0.05, 0.1) is 30.5 Å². The molecule has 0 unspecified atom stereocenters. The number of Topliss-reactive ketones (excluding diaryl/α,β-unsaturated/α-hetero) is 2. The molecule has 16 atom stereocenters. The van der Waals surface area contributed by atoms with Gasteiger partial charge >= 0.3 is 5.97 Å². The van der Waals surface area contributed by atoms with Gasteiger partial charge in [-0.1, -0.05) is 71.1 Å². The zero-order chi connectivity index (χ0) is 48.2. The molecule has 1 saturated carbocycles. The van der Waals surface area contributed by atoms with Gasteiger partial charge < -0.3 is 49.0 Å². The zero-order valence-electron chi connectivity index (χ0n) is 40.7. The van der Waals surface area contributed by atoms with Crippen molar-refractivity contribution in [2.75, 3.05) is 27.9 Å². The van der Waals surface area contributed by atoms with Crippen LogP contribution in [0.3, 0.4) is 0 Å². The van der Waals surface area contributed by atoms with Crippen LogP contribution in [-0.4, -0.2) is 137 Å². The normalized spacial score (nSPS) is 40.5. The molecule has 0 spiro atoms. The number of carbonyl (C=O) groups excluding carboxylic acids is 4. The number of piperidine rings is 1. The number of aliphatic hydroxyl groups excluding tert-OH is 3. The number of fused-ring (bicyclic) bond motifs is 3. The van der Waals surface area contributed by atoms with Crippen LogP contribution in [0.15, 0.2) is 47.6 Å². The van der Waals surface area contributed by atoms with Gasteiger partial charge in [0.1, 0.15) is 24.4 Å². The molecule has 14 nitrogen and oxygen atoms in total. The molecule has 4 aliphatic rings. The van der Waals surface area contributed by atoms with E-state index in [1.807, 2.05) is 58.1 Å². The highest BCUT2D eigenvalue weighted by Crippen LogP contribution is 2.37. The summed E-state index contributed by atoms with van der Waals surface area (Å²) in [6.07, 6.45) is 11.0. The molecule has 0 aromatic heterocycles. The number of nitrogens with zero attached hydrogens (tertiary/aromatic N) is 1. The van der Waals surface area contributed by atoms with Gasteiger partial charge in [-0.2, -0.15) is 0 Å². The molecule has 0 radical (unpaired) electrons. The number of cyclic esters (lactones) is 1. The minimum absolute atomic E-state index is 0.0183. The second kappa shape index (κ2) is 25.3. The number of aliphatic hydroxyl groups is 4. The van der Waals surface area contributed by atoms with Crippen LogP contribution < -0.4 is 0 Å². The molecule has 2 saturated heterocycles. The number of hydrogen-bond acceptors (Lipinski definition) is 13. The third-order valence-corrected chi connectivity index (χ3v) is 14.7. The molecule has 3 fully saturated rings. The van der Waals surface area contributed by atoms with Gasteiger partial charge in [0, 0.05) is 58.5 Å². The van der Waals surface area contributed by atoms with E-state index < -0.39 is 90.0 Å². The first kappa shape index (κ1) is 54.5. The Morgan fingerprint density at radius 1 is 0.846 bits per heavy atom. The molecule has 1 aliphatic carbocycles. The minimum atomic E-state index is -2.42. The Hall–Kier alpha value is -3.08. The van der Waals surface area contributed by atoms with Crippen LogP contribution in [0.5, 0.6) is 0 Å². The summed E-state index contributed by atoms with van der Waals surface area (Å²) >= 11 is 0. The molecule has 14 heteroatoms. The summed E-state index contributed by atoms with van der Waals surface area (Å²) in [5.41, 5.74) is 1.31. The van der Waals surface area contributed by atoms with Crippen LogP contribution in [0.4, 0.5) is 0 Å². The first-order valence-electron chi connectivity index (χ1n) is 24.1. The molecular weight excluding hydrogens is 835 g/mol. The molecule has 1 amide bonds. The second-order valence-corrected chi connectivity index (χ2v) is 19.8. The van der Waals surface area contributed by atoms with Crippen molar-refractivity contribution in [3.05, 3.63) is 47.6 Å². The minimum Gasteiger partial charge on any atom is -0.460 e. The third-order valence-electron chi connectivity index (χ3n) is 14.7. The van der Waals surface area contributed by atoms with Crippen LogP contribution in [0.2, 0.25) is 0 Å². The SMILES string of the molecule is CO[C@H]1C[C@@H]2CC[C@@H](C)[C@@](O)(O2)C(=O)C(=O)N2CCCC[C@H]2C(=O)O[C@H](C[C@H](O)[C@H](C)C[C@@H]2CC[C@@H](O)[C@H](OC)C2)[C@H](C)/C=C(/C)[C@@H](O)[C@@H](OC)C(=O)[C@H](C)C[C@H](C)\C=C/C=C\C=C/1C. The average Bonchev–Trinajstić information content (AvgIpc) is 3.28. The van der Waals surface area contributed by atoms with Crippen molar-refractivity contribution < 1.29 is 63.3 Å². The highest BCUT2D eigenvalue weighted by molar-refractivity contribution is 6.39. The van der Waals surface area contributed by atoms with Gasteiger partial charge in [-0.15, -0.1) is 0 Å². The number of esters is 1. The maximum Gasteiger partial charge on any atom is 0.329 e. The summed E-state index contributed by atoms with van der Waals surface area (Å²) in [5, 5.41) is 45.7. The molecule has 65 heavy (non-hydrogen) atoms. The summed E-state index contributed by atoms with van der Waals surface area (Å²) in [6.45, 7) is 12.9. The predicted octanol–water partition coefficient (Wildman–Crippen LogP) is 5.97. The zero-order valence-corrected chi connectivity index (χ0v) is 40.7. The highest BCUT2D eigenvalue weighted by Gasteiger charge is 2.53. The van der Waals surface area contributed by atoms with E-state index >= 15 is 0 Å². The average molecular weight is 916 g/mol. The number of ketones is 2. The lowest BCUT2D eigenvalue weighted by Crippen LogP contribution is -2.61. The fourth-order valence-electron chi connectivity index (χ4n) is 10.3. The van der Waals surface area contributed by atoms with Crippen molar-refractivity contribution in [3.63, 3.8) is 0 Å². The molecule has 368 valence electrons. The Labute approximate surface area is 387 Å². The van der Waals surface area contributed by atoms with Crippen molar-refractivity contribution in [2.24, 2.45) is 35.5 Å². The number of allylic oxidation sites excluding steroid dienone is 5. The van der Waals surface area contributed by atoms with Crippen LogP contribution in [0.25, 0.3) is 0 Å². The molecular formula is C51H81NO13. The van der Waals surface area contributed by atoms with Gasteiger partial charge in [-0.05, 0) is 107 Å². The summed E-state index contributed by atoms with van der Waals surface area (Å²) < 4.78 is 29.4. The van der Waals surface area contributed by atoms with E-state index in [2.05, 4.69) is 0 Å². The molecule has 3 aliphatic heterocycles. The predicted molar refractivity (Wildman–Crippen MR) is 246 cm³/mol. The lowest BCUT2D eigenvalue weighted by molar-refractivity contribution is -0.265. The Balaban J connectivity index is 1.70. The van der Waals surface area contributed by atoms with Gasteiger partial charge in [-0.25, -0.2) is 4.79 Å². The van der Waals surface area contributed by atoms with E-state index in [1.54, 1.807) is 41.1 Å². The monoisotopic (exact) mass is 916 g/mol. The summed E-state index contributed by atoms with van der Waals surface area (Å²) in [4.78, 5) is 57.9. The van der Waals surface area contributed by atoms with Crippen molar-refractivity contribution in [1.29, 1.82) is 0 Å². The Morgan fingerprint density at radius 2 is 1.57 bits per heavy atom. The van der Waals surface area contributed by atoms with Crippen molar-refractivity contribution in [1.82, 2.24) is 4.90 Å².